The Labute approximate surface area is 200 Å². The minimum atomic E-state index is -2.97. The van der Waals surface area contributed by atoms with Crippen molar-refractivity contribution in [2.24, 2.45) is 0 Å². The summed E-state index contributed by atoms with van der Waals surface area (Å²) < 4.78 is 42.5. The first-order valence-electron chi connectivity index (χ1n) is 10.7. The van der Waals surface area contributed by atoms with Crippen LogP contribution in [-0.2, 0) is 6.54 Å². The number of halogens is 2. The smallest absolute Gasteiger partial charge is 0.387 e. The second-order valence-corrected chi connectivity index (χ2v) is 7.41. The summed E-state index contributed by atoms with van der Waals surface area (Å²) in [6.45, 7) is -2.98. The van der Waals surface area contributed by atoms with Crippen molar-refractivity contribution >= 4 is 5.91 Å². The lowest BCUT2D eigenvalue weighted by Crippen LogP contribution is -2.23. The number of para-hydroxylation sites is 2. The first-order valence-corrected chi connectivity index (χ1v) is 10.7. The van der Waals surface area contributed by atoms with Crippen LogP contribution >= 0.6 is 0 Å². The molecule has 0 aliphatic rings. The van der Waals surface area contributed by atoms with Gasteiger partial charge in [-0.25, -0.2) is 4.68 Å². The lowest BCUT2D eigenvalue weighted by molar-refractivity contribution is -0.0504. The molecule has 0 spiro atoms. The lowest BCUT2D eigenvalue weighted by atomic mass is 10.1. The number of nitrogens with zero attached hydrogens (tertiary/aromatic N) is 2. The monoisotopic (exact) mass is 479 g/mol. The molecule has 0 unspecified atom stereocenters. The molecular weight excluding hydrogens is 456 g/mol. The van der Waals surface area contributed by atoms with E-state index in [-0.39, 0.29) is 17.9 Å². The molecule has 0 aliphatic heterocycles. The number of hydrogen-bond donors (Lipinski definition) is 1. The maximum atomic E-state index is 13.3. The number of hydrogen-bond acceptors (Lipinski definition) is 5. The lowest BCUT2D eigenvalue weighted by Gasteiger charge is -2.12. The Morgan fingerprint density at radius 2 is 1.71 bits per heavy atom. The van der Waals surface area contributed by atoms with Crippen LogP contribution in [0.5, 0.6) is 17.2 Å². The zero-order chi connectivity index (χ0) is 24.8. The Hall–Kier alpha value is -4.40. The van der Waals surface area contributed by atoms with Gasteiger partial charge >= 0.3 is 6.61 Å². The van der Waals surface area contributed by atoms with Gasteiger partial charge in [0.15, 0.2) is 0 Å². The fourth-order valence-corrected chi connectivity index (χ4v) is 3.58. The fraction of sp³-hybridized carbons (Fsp3) is 0.154. The molecule has 35 heavy (non-hydrogen) atoms. The average molecular weight is 479 g/mol. The van der Waals surface area contributed by atoms with Gasteiger partial charge in [0.1, 0.15) is 22.9 Å². The topological polar surface area (TPSA) is 74.6 Å². The van der Waals surface area contributed by atoms with Crippen molar-refractivity contribution < 1.29 is 27.8 Å². The zero-order valence-corrected chi connectivity index (χ0v) is 19.1. The maximum absolute atomic E-state index is 13.3. The van der Waals surface area contributed by atoms with Gasteiger partial charge in [0.2, 0.25) is 0 Å². The van der Waals surface area contributed by atoms with E-state index in [1.165, 1.54) is 13.2 Å². The van der Waals surface area contributed by atoms with Crippen molar-refractivity contribution in [3.63, 3.8) is 0 Å². The summed E-state index contributed by atoms with van der Waals surface area (Å²) in [6.07, 6.45) is 1.62. The van der Waals surface area contributed by atoms with Crippen molar-refractivity contribution in [1.82, 2.24) is 15.1 Å². The molecular formula is C26H23F2N3O4. The number of carbonyl (C=O) groups excluding carboxylic acids is 1. The molecule has 0 fully saturated rings. The molecule has 3 aromatic carbocycles. The van der Waals surface area contributed by atoms with E-state index in [0.717, 1.165) is 5.69 Å². The summed E-state index contributed by atoms with van der Waals surface area (Å²) in [7, 11) is 3.07. The number of ether oxygens (including phenoxy) is 3. The molecule has 4 rings (SSSR count). The van der Waals surface area contributed by atoms with E-state index >= 15 is 0 Å². The highest BCUT2D eigenvalue weighted by Gasteiger charge is 2.22. The van der Waals surface area contributed by atoms with Gasteiger partial charge in [-0.15, -0.1) is 0 Å². The number of methoxy groups -OCH3 is 2. The van der Waals surface area contributed by atoms with Gasteiger partial charge in [-0.05, 0) is 30.3 Å². The van der Waals surface area contributed by atoms with Crippen LogP contribution in [0.15, 0.2) is 79.0 Å². The van der Waals surface area contributed by atoms with Crippen molar-refractivity contribution in [3.05, 3.63) is 90.1 Å². The molecule has 0 aliphatic carbocycles. The van der Waals surface area contributed by atoms with Gasteiger partial charge < -0.3 is 19.5 Å². The predicted octanol–water partition coefficient (Wildman–Crippen LogP) is 5.09. The van der Waals surface area contributed by atoms with Crippen LogP contribution in [0.4, 0.5) is 8.78 Å². The van der Waals surface area contributed by atoms with E-state index in [9.17, 15) is 13.6 Å². The molecule has 180 valence electrons. The maximum Gasteiger partial charge on any atom is 0.387 e. The number of benzene rings is 3. The van der Waals surface area contributed by atoms with Crippen LogP contribution in [-0.4, -0.2) is 36.5 Å². The molecule has 0 radical (unpaired) electrons. The molecule has 1 N–H and O–H groups in total. The molecule has 0 saturated carbocycles. The van der Waals surface area contributed by atoms with Crippen molar-refractivity contribution in [2.75, 3.05) is 14.2 Å². The van der Waals surface area contributed by atoms with Crippen molar-refractivity contribution in [3.8, 4) is 34.2 Å². The third-order valence-corrected chi connectivity index (χ3v) is 5.27. The molecule has 1 aromatic heterocycles. The van der Waals surface area contributed by atoms with Crippen LogP contribution in [0.1, 0.15) is 15.9 Å². The first-order chi connectivity index (χ1) is 17.0. The zero-order valence-electron chi connectivity index (χ0n) is 19.1. The van der Waals surface area contributed by atoms with Gasteiger partial charge in [-0.1, -0.05) is 36.4 Å². The Kier molecular flexibility index (Phi) is 7.25. The number of amides is 1. The molecule has 9 heteroatoms. The van der Waals surface area contributed by atoms with E-state index in [4.69, 9.17) is 9.47 Å². The third kappa shape index (κ3) is 5.40. The number of carbonyl (C=O) groups is 1. The van der Waals surface area contributed by atoms with E-state index in [2.05, 4.69) is 15.2 Å². The largest absolute Gasteiger partial charge is 0.497 e. The van der Waals surface area contributed by atoms with Crippen molar-refractivity contribution in [2.45, 2.75) is 13.2 Å². The van der Waals surface area contributed by atoms with Gasteiger partial charge in [-0.3, -0.25) is 4.79 Å². The molecule has 1 heterocycles. The van der Waals surface area contributed by atoms with Crippen LogP contribution < -0.4 is 19.5 Å². The van der Waals surface area contributed by atoms with Crippen molar-refractivity contribution in [1.29, 1.82) is 0 Å². The van der Waals surface area contributed by atoms with E-state index < -0.39 is 12.5 Å². The summed E-state index contributed by atoms with van der Waals surface area (Å²) in [6, 6.07) is 20.9. The Balaban J connectivity index is 1.70. The summed E-state index contributed by atoms with van der Waals surface area (Å²) in [5.41, 5.74) is 2.44. The highest BCUT2D eigenvalue weighted by atomic mass is 19.3. The fourth-order valence-electron chi connectivity index (χ4n) is 3.58. The van der Waals surface area contributed by atoms with E-state index in [0.29, 0.717) is 28.3 Å². The minimum Gasteiger partial charge on any atom is -0.497 e. The van der Waals surface area contributed by atoms with Crippen LogP contribution in [0.3, 0.4) is 0 Å². The van der Waals surface area contributed by atoms with E-state index in [1.54, 1.807) is 54.4 Å². The average Bonchev–Trinajstić information content (AvgIpc) is 3.33. The minimum absolute atomic E-state index is 0.000159. The second-order valence-electron chi connectivity index (χ2n) is 7.41. The van der Waals surface area contributed by atoms with Gasteiger partial charge in [0.25, 0.3) is 5.91 Å². The third-order valence-electron chi connectivity index (χ3n) is 5.27. The predicted molar refractivity (Wildman–Crippen MR) is 126 cm³/mol. The molecule has 7 nitrogen and oxygen atoms in total. The van der Waals surface area contributed by atoms with E-state index in [1.807, 2.05) is 30.3 Å². The van der Waals surface area contributed by atoms with Crippen LogP contribution in [0.25, 0.3) is 16.9 Å². The summed E-state index contributed by atoms with van der Waals surface area (Å²) in [5, 5.41) is 7.44. The number of alkyl halides is 2. The Bertz CT molecular complexity index is 1310. The van der Waals surface area contributed by atoms with Gasteiger partial charge in [0.05, 0.1) is 25.5 Å². The quantitative estimate of drug-likeness (QED) is 0.362. The first kappa shape index (κ1) is 23.7. The number of aromatic nitrogens is 2. The van der Waals surface area contributed by atoms with Gasteiger partial charge in [-0.2, -0.15) is 13.9 Å². The summed E-state index contributed by atoms with van der Waals surface area (Å²) >= 11 is 0. The normalized spacial score (nSPS) is 10.8. The van der Waals surface area contributed by atoms with Crippen LogP contribution in [0.2, 0.25) is 0 Å². The second kappa shape index (κ2) is 10.7. The summed E-state index contributed by atoms with van der Waals surface area (Å²) in [5.74, 6) is 0.633. The Morgan fingerprint density at radius 3 is 2.43 bits per heavy atom. The van der Waals surface area contributed by atoms with Crippen LogP contribution in [0, 0.1) is 0 Å². The Morgan fingerprint density at radius 1 is 0.971 bits per heavy atom. The molecule has 0 atom stereocenters. The number of nitrogens with one attached hydrogen (secondary N) is 1. The molecule has 0 saturated heterocycles. The molecule has 0 bridgehead atoms. The highest BCUT2D eigenvalue weighted by molar-refractivity contribution is 6.00. The number of rotatable bonds is 9. The summed E-state index contributed by atoms with van der Waals surface area (Å²) in [4.78, 5) is 13.3. The standard InChI is InChI=1S/C26H23F2N3O4/c1-33-19-12-13-20(23(14-19)34-2)24-21(16-31(30-24)18-9-4-3-5-10-18)25(32)29-15-17-8-6-7-11-22(17)35-26(27)28/h3-14,16,26H,15H2,1-2H3,(H,29,32). The molecule has 1 amide bonds. The highest BCUT2D eigenvalue weighted by Crippen LogP contribution is 2.35. The SMILES string of the molecule is COc1ccc(-c2nn(-c3ccccc3)cc2C(=O)NCc2ccccc2OC(F)F)c(OC)c1. The molecule has 4 aromatic rings. The van der Waals surface area contributed by atoms with Gasteiger partial charge in [0, 0.05) is 29.9 Å².